The average molecular weight is 492 g/mol. The van der Waals surface area contributed by atoms with Gasteiger partial charge in [0.1, 0.15) is 5.76 Å². The van der Waals surface area contributed by atoms with Crippen molar-refractivity contribution < 1.29 is 14.0 Å². The van der Waals surface area contributed by atoms with Crippen molar-refractivity contribution in [2.45, 2.75) is 40.0 Å². The van der Waals surface area contributed by atoms with E-state index < -0.39 is 0 Å². The lowest BCUT2D eigenvalue weighted by molar-refractivity contribution is 0.0953. The SMILES string of the molecule is Cc1ccc(NC(=O)c2oc3c(c2C)/C(=N/NC(=O)c2ccc(-c4ccccc4)cc2)CCC3)cc1C. The van der Waals surface area contributed by atoms with Gasteiger partial charge in [0.05, 0.1) is 5.71 Å². The Labute approximate surface area is 216 Å². The number of hydrogen-bond donors (Lipinski definition) is 2. The minimum Gasteiger partial charge on any atom is -0.455 e. The van der Waals surface area contributed by atoms with Gasteiger partial charge in [-0.15, -0.1) is 0 Å². The first kappa shape index (κ1) is 24.3. The highest BCUT2D eigenvalue weighted by Crippen LogP contribution is 2.30. The van der Waals surface area contributed by atoms with Crippen molar-refractivity contribution in [2.75, 3.05) is 5.32 Å². The van der Waals surface area contributed by atoms with E-state index in [4.69, 9.17) is 4.42 Å². The number of amides is 2. The number of aryl methyl sites for hydroxylation is 3. The van der Waals surface area contributed by atoms with Crippen LogP contribution in [-0.2, 0) is 6.42 Å². The number of rotatable bonds is 5. The fraction of sp³-hybridized carbons (Fsp3) is 0.194. The van der Waals surface area contributed by atoms with Gasteiger partial charge in [0, 0.05) is 28.8 Å². The van der Waals surface area contributed by atoms with Crippen LogP contribution in [0.1, 0.15) is 61.8 Å². The van der Waals surface area contributed by atoms with Gasteiger partial charge in [-0.1, -0.05) is 48.5 Å². The van der Waals surface area contributed by atoms with Gasteiger partial charge in [0.25, 0.3) is 11.8 Å². The monoisotopic (exact) mass is 491 g/mol. The molecule has 6 heteroatoms. The van der Waals surface area contributed by atoms with E-state index >= 15 is 0 Å². The quantitative estimate of drug-likeness (QED) is 0.309. The second-order valence-electron chi connectivity index (χ2n) is 9.40. The number of anilines is 1. The summed E-state index contributed by atoms with van der Waals surface area (Å²) in [7, 11) is 0. The highest BCUT2D eigenvalue weighted by Gasteiger charge is 2.28. The lowest BCUT2D eigenvalue weighted by atomic mass is 9.93. The number of carbonyl (C=O) groups is 2. The summed E-state index contributed by atoms with van der Waals surface area (Å²) in [5, 5.41) is 7.38. The fourth-order valence-electron chi connectivity index (χ4n) is 4.63. The van der Waals surface area contributed by atoms with Crippen LogP contribution in [0.2, 0.25) is 0 Å². The fourth-order valence-corrected chi connectivity index (χ4v) is 4.63. The number of carbonyl (C=O) groups excluding carboxylic acids is 2. The smallest absolute Gasteiger partial charge is 0.291 e. The van der Waals surface area contributed by atoms with Gasteiger partial charge in [-0.05, 0) is 80.1 Å². The van der Waals surface area contributed by atoms with Crippen LogP contribution in [0.5, 0.6) is 0 Å². The maximum Gasteiger partial charge on any atom is 0.291 e. The van der Waals surface area contributed by atoms with Gasteiger partial charge < -0.3 is 9.73 Å². The highest BCUT2D eigenvalue weighted by atomic mass is 16.4. The van der Waals surface area contributed by atoms with E-state index in [0.717, 1.165) is 63.4 Å². The van der Waals surface area contributed by atoms with Crippen LogP contribution in [-0.4, -0.2) is 17.5 Å². The molecule has 0 fully saturated rings. The van der Waals surface area contributed by atoms with Crippen molar-refractivity contribution in [3.8, 4) is 11.1 Å². The zero-order valence-electron chi connectivity index (χ0n) is 21.2. The topological polar surface area (TPSA) is 83.7 Å². The molecule has 1 aromatic heterocycles. The van der Waals surface area contributed by atoms with E-state index in [-0.39, 0.29) is 17.6 Å². The lowest BCUT2D eigenvalue weighted by Crippen LogP contribution is -2.22. The minimum absolute atomic E-state index is 0.278. The Hall–Kier alpha value is -4.45. The van der Waals surface area contributed by atoms with Gasteiger partial charge >= 0.3 is 0 Å². The molecule has 0 atom stereocenters. The highest BCUT2D eigenvalue weighted by molar-refractivity contribution is 6.09. The summed E-state index contributed by atoms with van der Waals surface area (Å²) in [5.74, 6) is 0.431. The number of nitrogens with one attached hydrogen (secondary N) is 2. The minimum atomic E-state index is -0.294. The molecule has 0 spiro atoms. The molecule has 5 rings (SSSR count). The molecule has 0 radical (unpaired) electrons. The maximum atomic E-state index is 13.0. The van der Waals surface area contributed by atoms with E-state index in [1.165, 1.54) is 0 Å². The van der Waals surface area contributed by atoms with Gasteiger partial charge in [-0.3, -0.25) is 9.59 Å². The molecule has 6 nitrogen and oxygen atoms in total. The Kier molecular flexibility index (Phi) is 6.73. The van der Waals surface area contributed by atoms with Gasteiger partial charge in [-0.2, -0.15) is 5.10 Å². The predicted octanol–water partition coefficient (Wildman–Crippen LogP) is 6.59. The summed E-state index contributed by atoms with van der Waals surface area (Å²) in [4.78, 5) is 25.8. The number of fused-ring (bicyclic) bond motifs is 1. The molecule has 2 N–H and O–H groups in total. The van der Waals surface area contributed by atoms with Crippen LogP contribution in [0, 0.1) is 20.8 Å². The maximum absolute atomic E-state index is 13.0. The molecule has 4 aromatic rings. The lowest BCUT2D eigenvalue weighted by Gasteiger charge is -2.13. The van der Waals surface area contributed by atoms with E-state index in [0.29, 0.717) is 12.0 Å². The first-order valence-corrected chi connectivity index (χ1v) is 12.4. The van der Waals surface area contributed by atoms with Crippen LogP contribution < -0.4 is 10.7 Å². The summed E-state index contributed by atoms with van der Waals surface area (Å²) < 4.78 is 6.00. The van der Waals surface area contributed by atoms with Crippen molar-refractivity contribution in [1.29, 1.82) is 0 Å². The van der Waals surface area contributed by atoms with E-state index in [1.54, 1.807) is 12.1 Å². The van der Waals surface area contributed by atoms with Crippen molar-refractivity contribution >= 4 is 23.2 Å². The Morgan fingerprint density at radius 1 is 0.811 bits per heavy atom. The third-order valence-corrected chi connectivity index (χ3v) is 6.84. The van der Waals surface area contributed by atoms with Crippen LogP contribution in [0.15, 0.2) is 82.3 Å². The normalized spacial score (nSPS) is 13.8. The third kappa shape index (κ3) is 5.09. The van der Waals surface area contributed by atoms with Crippen LogP contribution in [0.25, 0.3) is 11.1 Å². The van der Waals surface area contributed by atoms with Gasteiger partial charge in [-0.25, -0.2) is 5.43 Å². The molecule has 186 valence electrons. The zero-order chi connectivity index (χ0) is 25.9. The summed E-state index contributed by atoms with van der Waals surface area (Å²) in [6.45, 7) is 5.91. The summed E-state index contributed by atoms with van der Waals surface area (Å²) >= 11 is 0. The Morgan fingerprint density at radius 2 is 1.54 bits per heavy atom. The third-order valence-electron chi connectivity index (χ3n) is 6.84. The van der Waals surface area contributed by atoms with E-state index in [1.807, 2.05) is 81.4 Å². The molecule has 3 aromatic carbocycles. The Balaban J connectivity index is 1.32. The molecule has 1 aliphatic rings. The van der Waals surface area contributed by atoms with Gasteiger partial charge in [0.2, 0.25) is 0 Å². The molecule has 0 aliphatic heterocycles. The van der Waals surface area contributed by atoms with Crippen molar-refractivity contribution in [2.24, 2.45) is 5.10 Å². The molecule has 0 saturated heterocycles. The van der Waals surface area contributed by atoms with Crippen LogP contribution in [0.3, 0.4) is 0 Å². The molecular weight excluding hydrogens is 462 g/mol. The Morgan fingerprint density at radius 3 is 2.27 bits per heavy atom. The van der Waals surface area contributed by atoms with Crippen molar-refractivity contribution in [3.63, 3.8) is 0 Å². The zero-order valence-corrected chi connectivity index (χ0v) is 21.2. The number of hydrogen-bond acceptors (Lipinski definition) is 4. The number of hydrazone groups is 1. The molecule has 0 bridgehead atoms. The number of furan rings is 1. The van der Waals surface area contributed by atoms with Crippen LogP contribution in [0.4, 0.5) is 5.69 Å². The second-order valence-corrected chi connectivity index (χ2v) is 9.40. The van der Waals surface area contributed by atoms with Crippen LogP contribution >= 0.6 is 0 Å². The first-order chi connectivity index (χ1) is 17.9. The standard InChI is InChI=1S/C31H29N3O3/c1-19-12-17-25(18-20(19)2)32-31(36)29-21(3)28-26(10-7-11-27(28)37-29)33-34-30(35)24-15-13-23(14-16-24)22-8-5-4-6-9-22/h4-6,8-9,12-18H,7,10-11H2,1-3H3,(H,32,36)(H,34,35)/b33-26+. The molecule has 1 heterocycles. The second kappa shape index (κ2) is 10.3. The number of nitrogens with zero attached hydrogens (tertiary/aromatic N) is 1. The molecular formula is C31H29N3O3. The average Bonchev–Trinajstić information content (AvgIpc) is 3.27. The first-order valence-electron chi connectivity index (χ1n) is 12.4. The molecule has 1 aliphatic carbocycles. The summed E-state index contributed by atoms with van der Waals surface area (Å²) in [6.07, 6.45) is 2.25. The largest absolute Gasteiger partial charge is 0.455 e. The number of benzene rings is 3. The molecule has 0 saturated carbocycles. The van der Waals surface area contributed by atoms with Crippen molar-refractivity contribution in [1.82, 2.24) is 5.43 Å². The summed E-state index contributed by atoms with van der Waals surface area (Å²) in [5.41, 5.74) is 10.6. The predicted molar refractivity (Wildman–Crippen MR) is 146 cm³/mol. The van der Waals surface area contributed by atoms with Gasteiger partial charge in [0.15, 0.2) is 5.76 Å². The van der Waals surface area contributed by atoms with E-state index in [9.17, 15) is 9.59 Å². The van der Waals surface area contributed by atoms with Crippen molar-refractivity contribution in [3.05, 3.63) is 112 Å². The summed E-state index contributed by atoms with van der Waals surface area (Å²) in [6, 6.07) is 23.3. The molecule has 37 heavy (non-hydrogen) atoms. The molecule has 0 unspecified atom stereocenters. The van der Waals surface area contributed by atoms with E-state index in [2.05, 4.69) is 15.8 Å². The Bertz CT molecular complexity index is 1500. The molecule has 2 amide bonds.